The van der Waals surface area contributed by atoms with E-state index in [1.807, 2.05) is 0 Å². The summed E-state index contributed by atoms with van der Waals surface area (Å²) in [6.07, 6.45) is 3.72. The maximum absolute atomic E-state index is 6.69. The lowest BCUT2D eigenvalue weighted by Crippen LogP contribution is -2.37. The highest BCUT2D eigenvalue weighted by Crippen LogP contribution is 2.66. The molecule has 0 spiro atoms. The molecule has 1 fully saturated rings. The van der Waals surface area contributed by atoms with E-state index in [-0.39, 0.29) is 5.41 Å². The van der Waals surface area contributed by atoms with Gasteiger partial charge in [-0.05, 0) is 49.7 Å². The minimum Gasteiger partial charge on any atom is -0.374 e. The predicted octanol–water partition coefficient (Wildman–Crippen LogP) is 6.10. The average Bonchev–Trinajstić information content (AvgIpc) is 3.07. The molecule has 0 radical (unpaired) electrons. The molecule has 2 heterocycles. The van der Waals surface area contributed by atoms with Crippen LogP contribution in [0.2, 0.25) is 0 Å². The predicted molar refractivity (Wildman–Crippen MR) is 132 cm³/mol. The van der Waals surface area contributed by atoms with E-state index < -0.39 is 6.19 Å². The molecule has 0 N–H and O–H groups in total. The second-order valence-electron chi connectivity index (χ2n) is 9.44. The van der Waals surface area contributed by atoms with E-state index >= 15 is 0 Å². The Labute approximate surface area is 185 Å². The van der Waals surface area contributed by atoms with Gasteiger partial charge in [-0.2, -0.15) is 5.10 Å². The van der Waals surface area contributed by atoms with Crippen molar-refractivity contribution < 1.29 is 0 Å². The average molecular weight is 436 g/mol. The van der Waals surface area contributed by atoms with Gasteiger partial charge in [0.1, 0.15) is 6.19 Å². The van der Waals surface area contributed by atoms with Crippen molar-refractivity contribution in [2.24, 2.45) is 10.5 Å². The Morgan fingerprint density at radius 2 is 1.50 bits per heavy atom. The van der Waals surface area contributed by atoms with Crippen LogP contribution in [0.3, 0.4) is 0 Å². The Hall–Kier alpha value is -1.90. The number of allylic oxidation sites excluding steroid dienone is 2. The Morgan fingerprint density at radius 3 is 2.17 bits per heavy atom. The number of anilines is 1. The van der Waals surface area contributed by atoms with Crippen LogP contribution in [0.5, 0.6) is 0 Å². The molecule has 3 nitrogen and oxygen atoms in total. The third-order valence-corrected chi connectivity index (χ3v) is 11.1. The number of hydrazone groups is 1. The van der Waals surface area contributed by atoms with Crippen LogP contribution in [0.1, 0.15) is 46.0 Å². The number of fused-ring (bicyclic) bond motifs is 1. The molecule has 3 aliphatic rings. The van der Waals surface area contributed by atoms with Crippen LogP contribution in [0.15, 0.2) is 76.8 Å². The molecule has 1 atom stereocenters. The minimum atomic E-state index is -2.26. The van der Waals surface area contributed by atoms with E-state index in [1.54, 1.807) is 0 Å². The van der Waals surface area contributed by atoms with Gasteiger partial charge in [-0.3, -0.25) is 0 Å². The first-order chi connectivity index (χ1) is 14.5. The number of piperidine rings is 1. The minimum absolute atomic E-state index is 0.207. The molecule has 2 aliphatic heterocycles. The molecule has 1 saturated heterocycles. The lowest BCUT2D eigenvalue weighted by Gasteiger charge is -2.42. The number of benzene rings is 2. The number of nitrogens with zero attached hydrogens (tertiary/aromatic N) is 3. The van der Waals surface area contributed by atoms with Gasteiger partial charge < -0.3 is 4.90 Å². The zero-order valence-electron chi connectivity index (χ0n) is 17.9. The van der Waals surface area contributed by atoms with Crippen molar-refractivity contribution in [3.05, 3.63) is 71.7 Å². The van der Waals surface area contributed by atoms with Gasteiger partial charge in [-0.15, -0.1) is 0 Å². The zero-order valence-corrected chi connectivity index (χ0v) is 19.6. The maximum atomic E-state index is 6.69. The Balaban J connectivity index is 1.75. The largest absolute Gasteiger partial charge is 0.374 e. The highest BCUT2D eigenvalue weighted by atomic mass is 32.4. The molecule has 0 aromatic heterocycles. The van der Waals surface area contributed by atoms with Gasteiger partial charge in [0.05, 0.1) is 16.7 Å². The van der Waals surface area contributed by atoms with Crippen molar-refractivity contribution in [2.75, 3.05) is 17.9 Å². The fourth-order valence-electron chi connectivity index (χ4n) is 5.08. The van der Waals surface area contributed by atoms with Gasteiger partial charge in [0.25, 0.3) is 0 Å². The van der Waals surface area contributed by atoms with Gasteiger partial charge in [0, 0.05) is 24.1 Å². The summed E-state index contributed by atoms with van der Waals surface area (Å²) < 4.78 is 2.22. The number of para-hydroxylation sites is 1. The molecule has 0 saturated carbocycles. The molecule has 1 unspecified atom stereocenters. The van der Waals surface area contributed by atoms with E-state index in [1.165, 1.54) is 41.3 Å². The van der Waals surface area contributed by atoms with Crippen LogP contribution in [0, 0.1) is 5.41 Å². The molecular formula is C25H30N3PS. The fourth-order valence-corrected chi connectivity index (χ4v) is 9.45. The third kappa shape index (κ3) is 3.35. The SMILES string of the molecule is CC1(C)CC2=NN(c3ccccc3)P(=S)(c3ccccc3)C2=C(N2CCCCC2)C1. The van der Waals surface area contributed by atoms with Crippen molar-refractivity contribution in [1.82, 2.24) is 4.90 Å². The zero-order chi connectivity index (χ0) is 20.8. The first-order valence-electron chi connectivity index (χ1n) is 11.1. The summed E-state index contributed by atoms with van der Waals surface area (Å²) in [7, 11) is 0. The molecular weight excluding hydrogens is 405 g/mol. The van der Waals surface area contributed by atoms with Crippen LogP contribution in [-0.4, -0.2) is 23.7 Å². The van der Waals surface area contributed by atoms with E-state index in [4.69, 9.17) is 16.9 Å². The standard InChI is InChI=1S/C25H30N3PS/c1-25(2)18-22-24(23(19-25)27-16-10-5-11-17-27)29(30,21-14-8-4-9-15-21)28(26-22)20-12-6-3-7-13-20/h3-4,6-9,12-15H,5,10-11,16-19H2,1-2H3. The molecule has 5 heteroatoms. The summed E-state index contributed by atoms with van der Waals surface area (Å²) in [6.45, 7) is 7.07. The van der Waals surface area contributed by atoms with Gasteiger partial charge in [0.2, 0.25) is 0 Å². The summed E-state index contributed by atoms with van der Waals surface area (Å²) in [5, 5.41) is 7.89. The van der Waals surface area contributed by atoms with Crippen LogP contribution in [-0.2, 0) is 11.8 Å². The van der Waals surface area contributed by atoms with E-state index in [0.29, 0.717) is 0 Å². The fraction of sp³-hybridized carbons (Fsp3) is 0.400. The lowest BCUT2D eigenvalue weighted by atomic mass is 9.78. The molecule has 0 bridgehead atoms. The first kappa shape index (κ1) is 20.0. The van der Waals surface area contributed by atoms with Gasteiger partial charge >= 0.3 is 0 Å². The molecule has 2 aromatic rings. The molecule has 30 heavy (non-hydrogen) atoms. The second-order valence-corrected chi connectivity index (χ2v) is 13.5. The van der Waals surface area contributed by atoms with Crippen molar-refractivity contribution >= 4 is 34.7 Å². The summed E-state index contributed by atoms with van der Waals surface area (Å²) in [5.74, 6) is 0. The summed E-state index contributed by atoms with van der Waals surface area (Å²) in [4.78, 5) is 2.65. The third-order valence-electron chi connectivity index (χ3n) is 6.46. The van der Waals surface area contributed by atoms with E-state index in [9.17, 15) is 0 Å². The quantitative estimate of drug-likeness (QED) is 0.543. The Bertz CT molecular complexity index is 1040. The highest BCUT2D eigenvalue weighted by molar-refractivity contribution is 8.21. The number of rotatable bonds is 3. The van der Waals surface area contributed by atoms with Crippen molar-refractivity contribution in [3.8, 4) is 0 Å². The highest BCUT2D eigenvalue weighted by Gasteiger charge is 2.48. The van der Waals surface area contributed by atoms with Crippen LogP contribution in [0.4, 0.5) is 5.69 Å². The van der Waals surface area contributed by atoms with Crippen molar-refractivity contribution in [3.63, 3.8) is 0 Å². The Morgan fingerprint density at radius 1 is 0.867 bits per heavy atom. The molecule has 1 aliphatic carbocycles. The van der Waals surface area contributed by atoms with Crippen molar-refractivity contribution in [1.29, 1.82) is 0 Å². The van der Waals surface area contributed by atoms with Gasteiger partial charge in [0.15, 0.2) is 0 Å². The smallest absolute Gasteiger partial charge is 0.118 e. The van der Waals surface area contributed by atoms with Gasteiger partial charge in [-0.1, -0.05) is 74.2 Å². The summed E-state index contributed by atoms with van der Waals surface area (Å²) >= 11 is 6.69. The lowest BCUT2D eigenvalue weighted by molar-refractivity contribution is 0.240. The van der Waals surface area contributed by atoms with Crippen LogP contribution in [0.25, 0.3) is 0 Å². The van der Waals surface area contributed by atoms with E-state index in [2.05, 4.69) is 84.2 Å². The molecule has 0 amide bonds. The maximum Gasteiger partial charge on any atom is 0.118 e. The number of hydrogen-bond donors (Lipinski definition) is 0. The summed E-state index contributed by atoms with van der Waals surface area (Å²) in [6, 6.07) is 21.3. The van der Waals surface area contributed by atoms with Crippen LogP contribution < -0.4 is 10.1 Å². The first-order valence-corrected chi connectivity index (χ1v) is 13.8. The van der Waals surface area contributed by atoms with E-state index in [0.717, 1.165) is 31.6 Å². The summed E-state index contributed by atoms with van der Waals surface area (Å²) in [5.41, 5.74) is 4.02. The molecule has 156 valence electrons. The molecule has 2 aromatic carbocycles. The number of hydrogen-bond acceptors (Lipinski definition) is 3. The van der Waals surface area contributed by atoms with Crippen LogP contribution >= 0.6 is 6.19 Å². The molecule has 5 rings (SSSR count). The second kappa shape index (κ2) is 7.66. The monoisotopic (exact) mass is 435 g/mol. The van der Waals surface area contributed by atoms with Gasteiger partial charge in [-0.25, -0.2) is 4.78 Å². The Kier molecular flexibility index (Phi) is 5.11. The topological polar surface area (TPSA) is 18.8 Å². The van der Waals surface area contributed by atoms with Crippen molar-refractivity contribution in [2.45, 2.75) is 46.0 Å². The number of likely N-dealkylation sites (tertiary alicyclic amines) is 1. The normalized spacial score (nSPS) is 25.9.